The van der Waals surface area contributed by atoms with Crippen molar-refractivity contribution in [2.24, 2.45) is 0 Å². The minimum absolute atomic E-state index is 0.0102. The number of ketones is 1. The lowest BCUT2D eigenvalue weighted by Gasteiger charge is -2.28. The summed E-state index contributed by atoms with van der Waals surface area (Å²) in [6.45, 7) is 14.5. The predicted molar refractivity (Wildman–Crippen MR) is 136 cm³/mol. The molecule has 34 heavy (non-hydrogen) atoms. The van der Waals surface area contributed by atoms with Gasteiger partial charge in [-0.05, 0) is 41.0 Å². The average molecular weight is 467 g/mol. The van der Waals surface area contributed by atoms with Crippen molar-refractivity contribution >= 4 is 11.6 Å². The Hall–Kier alpha value is -3.02. The summed E-state index contributed by atoms with van der Waals surface area (Å²) in [6.07, 6.45) is 1.48. The number of nitrogens with one attached hydrogen (secondary N) is 1. The van der Waals surface area contributed by atoms with Crippen LogP contribution in [0.25, 0.3) is 0 Å². The summed E-state index contributed by atoms with van der Waals surface area (Å²) >= 11 is 0. The quantitative estimate of drug-likeness (QED) is 0.476. The highest BCUT2D eigenvalue weighted by Gasteiger charge is 2.33. The molecule has 6 nitrogen and oxygen atoms in total. The number of hydrogen-bond acceptors (Lipinski definition) is 5. The first-order chi connectivity index (χ1) is 15.7. The molecule has 0 fully saturated rings. The molecule has 1 aliphatic rings. The van der Waals surface area contributed by atoms with E-state index in [1.54, 1.807) is 24.1 Å². The Morgan fingerprint density at radius 1 is 1.03 bits per heavy atom. The Morgan fingerprint density at radius 2 is 1.59 bits per heavy atom. The van der Waals surface area contributed by atoms with Crippen molar-refractivity contribution < 1.29 is 19.7 Å². The van der Waals surface area contributed by atoms with E-state index in [0.29, 0.717) is 35.4 Å². The lowest BCUT2D eigenvalue weighted by molar-refractivity contribution is 0.0962. The Bertz CT molecular complexity index is 1100. The van der Waals surface area contributed by atoms with Gasteiger partial charge in [-0.15, -0.1) is 0 Å². The molecule has 0 radical (unpaired) electrons. The number of aromatic hydroxyl groups is 2. The number of methoxy groups -OCH3 is 1. The smallest absolute Gasteiger partial charge is 0.182 e. The number of benzene rings is 2. The Morgan fingerprint density at radius 3 is 2.06 bits per heavy atom. The van der Waals surface area contributed by atoms with Gasteiger partial charge in [-0.2, -0.15) is 0 Å². The highest BCUT2D eigenvalue weighted by Crippen LogP contribution is 2.41. The SMILES string of the molecule is CCCc1c(OC)cc2c(c1O)C(=N)N(CC(=O)c1cc(C(C)(C)C)c(O)c(C(C)(C)C)c1)C2. The van der Waals surface area contributed by atoms with Crippen molar-refractivity contribution in [1.82, 2.24) is 4.90 Å². The maximum absolute atomic E-state index is 13.4. The summed E-state index contributed by atoms with van der Waals surface area (Å²) in [7, 11) is 1.58. The second-order valence-corrected chi connectivity index (χ2v) is 11.2. The number of hydrogen-bond donors (Lipinski definition) is 3. The first kappa shape index (κ1) is 25.6. The fraction of sp³-hybridized carbons (Fsp3) is 0.500. The maximum Gasteiger partial charge on any atom is 0.182 e. The predicted octanol–water partition coefficient (Wildman–Crippen LogP) is 5.68. The van der Waals surface area contributed by atoms with E-state index in [1.807, 2.05) is 54.5 Å². The van der Waals surface area contributed by atoms with Crippen molar-refractivity contribution in [3.8, 4) is 17.2 Å². The number of phenolic OH excluding ortho intramolecular Hbond substituents is 2. The third kappa shape index (κ3) is 4.63. The zero-order chi connectivity index (χ0) is 25.6. The largest absolute Gasteiger partial charge is 0.507 e. The Balaban J connectivity index is 1.97. The molecule has 0 aliphatic carbocycles. The highest BCUT2D eigenvalue weighted by molar-refractivity contribution is 6.07. The fourth-order valence-corrected chi connectivity index (χ4v) is 4.58. The zero-order valence-electron chi connectivity index (χ0n) is 21.7. The minimum atomic E-state index is -0.338. The number of carbonyl (C=O) groups excluding carboxylic acids is 1. The van der Waals surface area contributed by atoms with Crippen LogP contribution in [0, 0.1) is 5.41 Å². The molecule has 6 heteroatoms. The van der Waals surface area contributed by atoms with Crippen LogP contribution in [0.5, 0.6) is 17.2 Å². The van der Waals surface area contributed by atoms with Crippen LogP contribution in [-0.2, 0) is 23.8 Å². The standard InChI is InChI=1S/C28H38N2O4/c1-9-10-18-22(34-8)13-17-14-30(26(29)23(17)24(18)32)15-21(31)16-11-19(27(2,3)4)25(33)20(12-16)28(5,6)7/h11-13,29,32-33H,9-10,14-15H2,1-8H3. The minimum Gasteiger partial charge on any atom is -0.507 e. The third-order valence-electron chi connectivity index (χ3n) is 6.46. The normalized spacial score (nSPS) is 13.9. The number of nitrogens with zero attached hydrogens (tertiary/aromatic N) is 1. The maximum atomic E-state index is 13.4. The van der Waals surface area contributed by atoms with Gasteiger partial charge in [0.25, 0.3) is 0 Å². The summed E-state index contributed by atoms with van der Waals surface area (Å²) in [5.74, 6) is 0.937. The van der Waals surface area contributed by atoms with Crippen molar-refractivity contribution in [2.45, 2.75) is 78.7 Å². The molecule has 1 aliphatic heterocycles. The first-order valence-corrected chi connectivity index (χ1v) is 11.9. The van der Waals surface area contributed by atoms with Crippen LogP contribution in [0.4, 0.5) is 0 Å². The third-order valence-corrected chi connectivity index (χ3v) is 6.46. The van der Waals surface area contributed by atoms with Crippen LogP contribution in [0.15, 0.2) is 18.2 Å². The average Bonchev–Trinajstić information content (AvgIpc) is 3.03. The molecule has 0 bridgehead atoms. The van der Waals surface area contributed by atoms with Crippen molar-refractivity contribution in [2.75, 3.05) is 13.7 Å². The van der Waals surface area contributed by atoms with Gasteiger partial charge in [0.05, 0.1) is 19.2 Å². The zero-order valence-corrected chi connectivity index (χ0v) is 21.7. The molecule has 3 rings (SSSR count). The molecular weight excluding hydrogens is 428 g/mol. The number of carbonyl (C=O) groups is 1. The second kappa shape index (κ2) is 8.97. The Kier molecular flexibility index (Phi) is 6.75. The first-order valence-electron chi connectivity index (χ1n) is 11.9. The van der Waals surface area contributed by atoms with E-state index in [9.17, 15) is 15.0 Å². The van der Waals surface area contributed by atoms with Crippen LogP contribution >= 0.6 is 0 Å². The summed E-state index contributed by atoms with van der Waals surface area (Å²) < 4.78 is 5.49. The van der Waals surface area contributed by atoms with Crippen molar-refractivity contribution in [3.63, 3.8) is 0 Å². The van der Waals surface area contributed by atoms with Gasteiger partial charge in [-0.1, -0.05) is 54.9 Å². The molecule has 0 amide bonds. The van der Waals surface area contributed by atoms with Gasteiger partial charge in [0.1, 0.15) is 23.1 Å². The molecule has 0 saturated carbocycles. The van der Waals surface area contributed by atoms with Crippen molar-refractivity contribution in [1.29, 1.82) is 5.41 Å². The van der Waals surface area contributed by atoms with E-state index in [2.05, 4.69) is 0 Å². The molecule has 0 unspecified atom stereocenters. The van der Waals surface area contributed by atoms with Gasteiger partial charge in [0.2, 0.25) is 0 Å². The van der Waals surface area contributed by atoms with Crippen LogP contribution < -0.4 is 4.74 Å². The fourth-order valence-electron chi connectivity index (χ4n) is 4.58. The van der Waals surface area contributed by atoms with E-state index in [-0.39, 0.29) is 40.5 Å². The second-order valence-electron chi connectivity index (χ2n) is 11.2. The molecule has 0 saturated heterocycles. The monoisotopic (exact) mass is 466 g/mol. The molecule has 2 aromatic carbocycles. The molecule has 2 aromatic rings. The molecule has 1 heterocycles. The number of ether oxygens (including phenoxy) is 1. The van der Waals surface area contributed by atoms with Gasteiger partial charge < -0.3 is 19.8 Å². The summed E-state index contributed by atoms with van der Waals surface area (Å²) in [5, 5.41) is 30.6. The molecule has 184 valence electrons. The number of fused-ring (bicyclic) bond motifs is 1. The van der Waals surface area contributed by atoms with Crippen LogP contribution in [0.3, 0.4) is 0 Å². The lowest BCUT2D eigenvalue weighted by atomic mass is 9.78. The van der Waals surface area contributed by atoms with Gasteiger partial charge in [0, 0.05) is 28.8 Å². The van der Waals surface area contributed by atoms with Crippen LogP contribution in [0.2, 0.25) is 0 Å². The van der Waals surface area contributed by atoms with Gasteiger partial charge in [-0.3, -0.25) is 10.2 Å². The van der Waals surface area contributed by atoms with E-state index in [4.69, 9.17) is 10.1 Å². The number of Topliss-reactive ketones (excluding diaryl/α,β-unsaturated/α-hetero) is 1. The Labute approximate surface area is 203 Å². The van der Waals surface area contributed by atoms with Crippen molar-refractivity contribution in [3.05, 3.63) is 51.6 Å². The van der Waals surface area contributed by atoms with Gasteiger partial charge >= 0.3 is 0 Å². The number of phenols is 2. The van der Waals surface area contributed by atoms with E-state index < -0.39 is 0 Å². The van der Waals surface area contributed by atoms with E-state index in [0.717, 1.165) is 23.1 Å². The summed E-state index contributed by atoms with van der Waals surface area (Å²) in [6, 6.07) is 5.42. The number of amidine groups is 1. The molecule has 0 spiro atoms. The molecule has 0 atom stereocenters. The van der Waals surface area contributed by atoms with E-state index in [1.165, 1.54) is 0 Å². The summed E-state index contributed by atoms with van der Waals surface area (Å²) in [4.78, 5) is 15.1. The molecule has 0 aromatic heterocycles. The number of rotatable bonds is 6. The molecular formula is C28H38N2O4. The van der Waals surface area contributed by atoms with Crippen LogP contribution in [0.1, 0.15) is 93.1 Å². The van der Waals surface area contributed by atoms with Gasteiger partial charge in [0.15, 0.2) is 5.78 Å². The van der Waals surface area contributed by atoms with Gasteiger partial charge in [-0.25, -0.2) is 0 Å². The topological polar surface area (TPSA) is 93.9 Å². The van der Waals surface area contributed by atoms with E-state index >= 15 is 0 Å². The summed E-state index contributed by atoms with van der Waals surface area (Å²) in [5.41, 5.74) is 3.26. The highest BCUT2D eigenvalue weighted by atomic mass is 16.5. The molecule has 3 N–H and O–H groups in total. The van der Waals surface area contributed by atoms with Crippen LogP contribution in [-0.4, -0.2) is 40.4 Å². The lowest BCUT2D eigenvalue weighted by Crippen LogP contribution is -2.30.